The fraction of sp³-hybridized carbons (Fsp3) is 0.529. The molecule has 0 heterocycles. The van der Waals surface area contributed by atoms with Crippen molar-refractivity contribution < 1.29 is 19.3 Å². The van der Waals surface area contributed by atoms with Gasteiger partial charge >= 0.3 is 0 Å². The Hall–Kier alpha value is -1.68. The van der Waals surface area contributed by atoms with E-state index in [1.165, 1.54) is 0 Å². The van der Waals surface area contributed by atoms with Crippen LogP contribution in [0.3, 0.4) is 0 Å². The maximum absolute atomic E-state index is 10.3. The quantitative estimate of drug-likeness (QED) is 0.925. The van der Waals surface area contributed by atoms with Crippen molar-refractivity contribution in [2.75, 3.05) is 21.3 Å². The van der Waals surface area contributed by atoms with Crippen molar-refractivity contribution >= 4 is 6.08 Å². The maximum Gasteiger partial charge on any atom is 0.203 e. The molecule has 1 saturated carbocycles. The van der Waals surface area contributed by atoms with Gasteiger partial charge in [0.25, 0.3) is 0 Å². The van der Waals surface area contributed by atoms with Gasteiger partial charge in [-0.15, -0.1) is 0 Å². The molecule has 2 atom stereocenters. The fourth-order valence-electron chi connectivity index (χ4n) is 2.89. The fourth-order valence-corrected chi connectivity index (χ4v) is 2.89. The van der Waals surface area contributed by atoms with Gasteiger partial charge < -0.3 is 19.3 Å². The molecule has 1 aliphatic carbocycles. The summed E-state index contributed by atoms with van der Waals surface area (Å²) in [4.78, 5) is 0. The number of benzene rings is 1. The second-order valence-electron chi connectivity index (χ2n) is 5.46. The predicted octanol–water partition coefficient (Wildman–Crippen LogP) is 3.28. The number of hydrogen-bond donors (Lipinski definition) is 1. The molecule has 0 radical (unpaired) electrons. The van der Waals surface area contributed by atoms with E-state index in [9.17, 15) is 5.11 Å². The predicted molar refractivity (Wildman–Crippen MR) is 83.1 cm³/mol. The summed E-state index contributed by atoms with van der Waals surface area (Å²) in [5.41, 5.74) is 1.96. The zero-order valence-electron chi connectivity index (χ0n) is 13.2. The van der Waals surface area contributed by atoms with Crippen LogP contribution in [0.15, 0.2) is 17.7 Å². The van der Waals surface area contributed by atoms with E-state index in [2.05, 4.69) is 6.92 Å². The van der Waals surface area contributed by atoms with E-state index < -0.39 is 0 Å². The molecule has 2 rings (SSSR count). The van der Waals surface area contributed by atoms with Crippen molar-refractivity contribution in [3.63, 3.8) is 0 Å². The van der Waals surface area contributed by atoms with Crippen molar-refractivity contribution in [1.29, 1.82) is 0 Å². The summed E-state index contributed by atoms with van der Waals surface area (Å²) in [6, 6.07) is 3.78. The van der Waals surface area contributed by atoms with Gasteiger partial charge in [-0.1, -0.05) is 6.92 Å². The van der Waals surface area contributed by atoms with Crippen LogP contribution in [-0.2, 0) is 0 Å². The molecule has 0 saturated heterocycles. The third-order valence-electron chi connectivity index (χ3n) is 4.12. The van der Waals surface area contributed by atoms with Crippen molar-refractivity contribution in [3.05, 3.63) is 23.3 Å². The van der Waals surface area contributed by atoms with Gasteiger partial charge in [0.1, 0.15) is 0 Å². The van der Waals surface area contributed by atoms with Crippen molar-refractivity contribution in [2.24, 2.45) is 5.92 Å². The summed E-state index contributed by atoms with van der Waals surface area (Å²) in [7, 11) is 4.80. The highest BCUT2D eigenvalue weighted by Crippen LogP contribution is 2.41. The molecule has 1 aliphatic rings. The van der Waals surface area contributed by atoms with Gasteiger partial charge in [-0.2, -0.15) is 0 Å². The molecular formula is C17H24O4. The average molecular weight is 292 g/mol. The molecular weight excluding hydrogens is 268 g/mol. The van der Waals surface area contributed by atoms with Crippen LogP contribution in [0.4, 0.5) is 0 Å². The lowest BCUT2D eigenvalue weighted by molar-refractivity contribution is 0.126. The first kappa shape index (κ1) is 15.7. The summed E-state index contributed by atoms with van der Waals surface area (Å²) in [6.07, 6.45) is 4.74. The highest BCUT2D eigenvalue weighted by molar-refractivity contribution is 5.68. The largest absolute Gasteiger partial charge is 0.493 e. The monoisotopic (exact) mass is 292 g/mol. The normalized spacial score (nSPS) is 24.0. The SMILES string of the molecule is COc1ccc(/C=C2\CCCC(C)C2O)c(OC)c1OC. The highest BCUT2D eigenvalue weighted by Gasteiger charge is 2.24. The molecule has 4 heteroatoms. The maximum atomic E-state index is 10.3. The van der Waals surface area contributed by atoms with E-state index in [1.807, 2.05) is 18.2 Å². The number of aliphatic hydroxyl groups is 1. The van der Waals surface area contributed by atoms with Crippen molar-refractivity contribution in [2.45, 2.75) is 32.3 Å². The topological polar surface area (TPSA) is 47.9 Å². The number of methoxy groups -OCH3 is 3. The number of ether oxygens (including phenoxy) is 3. The molecule has 0 bridgehead atoms. The van der Waals surface area contributed by atoms with Gasteiger partial charge in [-0.05, 0) is 49.0 Å². The second kappa shape index (κ2) is 6.85. The van der Waals surface area contributed by atoms with Crippen LogP contribution < -0.4 is 14.2 Å². The third-order valence-corrected chi connectivity index (χ3v) is 4.12. The Kier molecular flexibility index (Phi) is 5.12. The molecule has 0 amide bonds. The Morgan fingerprint density at radius 3 is 2.43 bits per heavy atom. The Labute approximate surface area is 126 Å². The van der Waals surface area contributed by atoms with Gasteiger partial charge in [0.2, 0.25) is 5.75 Å². The van der Waals surface area contributed by atoms with Crippen LogP contribution in [0, 0.1) is 5.92 Å². The molecule has 4 nitrogen and oxygen atoms in total. The molecule has 116 valence electrons. The second-order valence-corrected chi connectivity index (χ2v) is 5.46. The van der Waals surface area contributed by atoms with E-state index >= 15 is 0 Å². The molecule has 0 aromatic heterocycles. The number of rotatable bonds is 4. The van der Waals surface area contributed by atoms with Gasteiger partial charge in [0.05, 0.1) is 27.4 Å². The van der Waals surface area contributed by atoms with E-state index in [4.69, 9.17) is 14.2 Å². The van der Waals surface area contributed by atoms with Crippen LogP contribution in [0.25, 0.3) is 6.08 Å². The van der Waals surface area contributed by atoms with E-state index in [-0.39, 0.29) is 6.10 Å². The highest BCUT2D eigenvalue weighted by atomic mass is 16.5. The van der Waals surface area contributed by atoms with E-state index in [0.717, 1.165) is 30.4 Å². The Bertz CT molecular complexity index is 522. The molecule has 2 unspecified atom stereocenters. The molecule has 1 fully saturated rings. The molecule has 21 heavy (non-hydrogen) atoms. The number of aliphatic hydroxyl groups excluding tert-OH is 1. The lowest BCUT2D eigenvalue weighted by atomic mass is 9.83. The molecule has 1 N–H and O–H groups in total. The molecule has 1 aromatic rings. The average Bonchev–Trinajstić information content (AvgIpc) is 2.51. The van der Waals surface area contributed by atoms with Crippen molar-refractivity contribution in [3.8, 4) is 17.2 Å². The summed E-state index contributed by atoms with van der Waals surface area (Å²) in [5, 5.41) is 10.3. The Balaban J connectivity index is 2.44. The standard InChI is InChI=1S/C17H24O4/c1-11-6-5-7-12(15(11)18)10-13-8-9-14(19-2)17(21-4)16(13)20-3/h8-11,15,18H,5-7H2,1-4H3/b12-10+. The summed E-state index contributed by atoms with van der Waals surface area (Å²) < 4.78 is 16.2. The zero-order chi connectivity index (χ0) is 15.4. The molecule has 0 aliphatic heterocycles. The minimum atomic E-state index is -0.378. The Morgan fingerprint density at radius 2 is 1.81 bits per heavy atom. The summed E-state index contributed by atoms with van der Waals surface area (Å²) in [6.45, 7) is 2.09. The van der Waals surface area contributed by atoms with Gasteiger partial charge in [-0.25, -0.2) is 0 Å². The van der Waals surface area contributed by atoms with Gasteiger partial charge in [-0.3, -0.25) is 0 Å². The van der Waals surface area contributed by atoms with E-state index in [1.54, 1.807) is 21.3 Å². The summed E-state index contributed by atoms with van der Waals surface area (Å²) in [5.74, 6) is 2.15. The van der Waals surface area contributed by atoms with E-state index in [0.29, 0.717) is 23.2 Å². The first-order valence-electron chi connectivity index (χ1n) is 7.29. The lowest BCUT2D eigenvalue weighted by Gasteiger charge is -2.27. The van der Waals surface area contributed by atoms with Gasteiger partial charge in [0.15, 0.2) is 11.5 Å². The smallest absolute Gasteiger partial charge is 0.203 e. The van der Waals surface area contributed by atoms with Crippen LogP contribution in [0.5, 0.6) is 17.2 Å². The van der Waals surface area contributed by atoms with Crippen LogP contribution in [0.2, 0.25) is 0 Å². The van der Waals surface area contributed by atoms with Crippen molar-refractivity contribution in [1.82, 2.24) is 0 Å². The first-order valence-corrected chi connectivity index (χ1v) is 7.29. The minimum absolute atomic E-state index is 0.302. The van der Waals surface area contributed by atoms with Gasteiger partial charge in [0, 0.05) is 5.56 Å². The Morgan fingerprint density at radius 1 is 1.10 bits per heavy atom. The summed E-state index contributed by atoms with van der Waals surface area (Å²) >= 11 is 0. The van der Waals surface area contributed by atoms with Crippen LogP contribution in [0.1, 0.15) is 31.7 Å². The zero-order valence-corrected chi connectivity index (χ0v) is 13.2. The van der Waals surface area contributed by atoms with Crippen LogP contribution in [-0.4, -0.2) is 32.5 Å². The molecule has 0 spiro atoms. The third kappa shape index (κ3) is 3.16. The lowest BCUT2D eigenvalue weighted by Crippen LogP contribution is -2.24. The minimum Gasteiger partial charge on any atom is -0.493 e. The molecule has 1 aromatic carbocycles. The van der Waals surface area contributed by atoms with Crippen LogP contribution >= 0.6 is 0 Å². The number of hydrogen-bond acceptors (Lipinski definition) is 4. The first-order chi connectivity index (χ1) is 10.1.